The van der Waals surface area contributed by atoms with Gasteiger partial charge in [-0.05, 0) is 67.3 Å². The van der Waals surface area contributed by atoms with Crippen molar-refractivity contribution in [1.29, 1.82) is 0 Å². The normalized spacial score (nSPS) is 18.8. The summed E-state index contributed by atoms with van der Waals surface area (Å²) in [7, 11) is -0.654. The third-order valence-corrected chi connectivity index (χ3v) is 9.07. The molecule has 2 aliphatic rings. The van der Waals surface area contributed by atoms with E-state index < -0.39 is 13.8 Å². The molecule has 1 aromatic heterocycles. The van der Waals surface area contributed by atoms with Crippen LogP contribution in [0.5, 0.6) is 5.75 Å². The highest BCUT2D eigenvalue weighted by atomic mass is 31.2. The van der Waals surface area contributed by atoms with Gasteiger partial charge in [0.15, 0.2) is 0 Å². The molecule has 3 heterocycles. The summed E-state index contributed by atoms with van der Waals surface area (Å²) in [5.74, 6) is 0.511. The molecule has 6 rings (SSSR count). The second kappa shape index (κ2) is 8.25. The van der Waals surface area contributed by atoms with Crippen LogP contribution in [0.3, 0.4) is 0 Å². The van der Waals surface area contributed by atoms with E-state index in [1.165, 1.54) is 6.07 Å². The SMILES string of the molecule is Cc1cc(P(C)(C)=O)ccc1-c1ccc2nc3n(c2c1)[C@@H]1C[C@H]3N(C)C(=O)c2cccc(OC(F)F)c21. The van der Waals surface area contributed by atoms with Gasteiger partial charge in [0.25, 0.3) is 5.91 Å². The Morgan fingerprint density at radius 3 is 2.54 bits per heavy atom. The van der Waals surface area contributed by atoms with Crippen molar-refractivity contribution in [2.75, 3.05) is 20.4 Å². The Kier molecular flexibility index (Phi) is 5.32. The summed E-state index contributed by atoms with van der Waals surface area (Å²) >= 11 is 0. The molecule has 0 aliphatic carbocycles. The molecule has 4 aromatic rings. The second-order valence-electron chi connectivity index (χ2n) is 10.2. The van der Waals surface area contributed by atoms with E-state index in [1.54, 1.807) is 37.4 Å². The van der Waals surface area contributed by atoms with E-state index in [0.29, 0.717) is 17.5 Å². The number of rotatable bonds is 4. The van der Waals surface area contributed by atoms with Crippen LogP contribution in [0.1, 0.15) is 45.8 Å². The van der Waals surface area contributed by atoms with Crippen LogP contribution in [-0.4, -0.2) is 47.3 Å². The molecule has 0 radical (unpaired) electrons. The van der Waals surface area contributed by atoms with Crippen molar-refractivity contribution in [3.8, 4) is 16.9 Å². The van der Waals surface area contributed by atoms with Crippen LogP contribution in [0.2, 0.25) is 0 Å². The van der Waals surface area contributed by atoms with Gasteiger partial charge < -0.3 is 18.8 Å². The fraction of sp³-hybridized carbons (Fsp3) is 0.286. The Balaban J connectivity index is 1.55. The lowest BCUT2D eigenvalue weighted by molar-refractivity contribution is -0.0507. The van der Waals surface area contributed by atoms with E-state index in [4.69, 9.17) is 9.72 Å². The number of alkyl halides is 2. The number of hydrogen-bond donors (Lipinski definition) is 0. The predicted molar refractivity (Wildman–Crippen MR) is 140 cm³/mol. The zero-order valence-corrected chi connectivity index (χ0v) is 21.8. The summed E-state index contributed by atoms with van der Waals surface area (Å²) in [6.45, 7) is 2.52. The second-order valence-corrected chi connectivity index (χ2v) is 13.4. The third-order valence-electron chi connectivity index (χ3n) is 7.55. The Bertz CT molecular complexity index is 1640. The summed E-state index contributed by atoms with van der Waals surface area (Å²) in [4.78, 5) is 19.8. The van der Waals surface area contributed by atoms with Gasteiger partial charge >= 0.3 is 6.61 Å². The van der Waals surface area contributed by atoms with Crippen LogP contribution in [0, 0.1) is 6.92 Å². The van der Waals surface area contributed by atoms with E-state index >= 15 is 0 Å². The number of hydrogen-bond acceptors (Lipinski definition) is 4. The molecule has 0 spiro atoms. The van der Waals surface area contributed by atoms with Gasteiger partial charge in [0.2, 0.25) is 0 Å². The van der Waals surface area contributed by atoms with Crippen molar-refractivity contribution in [3.05, 3.63) is 77.1 Å². The first kappa shape index (κ1) is 23.9. The maximum Gasteiger partial charge on any atom is 0.387 e. The first-order valence-corrected chi connectivity index (χ1v) is 14.7. The fourth-order valence-electron chi connectivity index (χ4n) is 5.75. The number of halogens is 2. The van der Waals surface area contributed by atoms with E-state index in [9.17, 15) is 18.1 Å². The Morgan fingerprint density at radius 1 is 1.05 bits per heavy atom. The maximum atomic E-state index is 13.3. The highest BCUT2D eigenvalue weighted by Crippen LogP contribution is 2.50. The summed E-state index contributed by atoms with van der Waals surface area (Å²) in [5, 5.41) is 0.834. The number of carbonyl (C=O) groups excluding carboxylic acids is 1. The predicted octanol–water partition coefficient (Wildman–Crippen LogP) is 5.98. The summed E-state index contributed by atoms with van der Waals surface area (Å²) in [6, 6.07) is 16.0. The van der Waals surface area contributed by atoms with Crippen molar-refractivity contribution in [1.82, 2.24) is 14.5 Å². The molecule has 6 nitrogen and oxygen atoms in total. The zero-order valence-electron chi connectivity index (χ0n) is 20.9. The molecule has 2 aliphatic heterocycles. The van der Waals surface area contributed by atoms with E-state index in [0.717, 1.165) is 38.9 Å². The molecule has 2 atom stereocenters. The minimum absolute atomic E-state index is 0.0146. The highest BCUT2D eigenvalue weighted by molar-refractivity contribution is 7.70. The molecule has 0 N–H and O–H groups in total. The first-order chi connectivity index (χ1) is 17.5. The highest BCUT2D eigenvalue weighted by Gasteiger charge is 2.45. The van der Waals surface area contributed by atoms with Gasteiger partial charge in [0.05, 0.1) is 23.1 Å². The van der Waals surface area contributed by atoms with Crippen molar-refractivity contribution >= 4 is 29.4 Å². The first-order valence-electron chi connectivity index (χ1n) is 12.1. The minimum Gasteiger partial charge on any atom is -0.434 e. The fourth-order valence-corrected chi connectivity index (χ4v) is 6.69. The lowest BCUT2D eigenvalue weighted by Gasteiger charge is -2.24. The molecule has 9 heteroatoms. The molecule has 3 aromatic carbocycles. The number of nitrogens with zero attached hydrogens (tertiary/aromatic N) is 3. The van der Waals surface area contributed by atoms with Crippen LogP contribution in [0.25, 0.3) is 22.2 Å². The number of aryl methyl sites for hydroxylation is 1. The van der Waals surface area contributed by atoms with Crippen LogP contribution in [-0.2, 0) is 4.57 Å². The lowest BCUT2D eigenvalue weighted by atomic mass is 9.97. The molecular formula is C28H26F2N3O3P. The molecule has 1 amide bonds. The van der Waals surface area contributed by atoms with Gasteiger partial charge in [-0.2, -0.15) is 8.78 Å². The van der Waals surface area contributed by atoms with Gasteiger partial charge in [0.1, 0.15) is 18.7 Å². The average Bonchev–Trinajstić information content (AvgIpc) is 3.36. The monoisotopic (exact) mass is 521 g/mol. The number of imidazole rings is 1. The molecule has 0 saturated heterocycles. The van der Waals surface area contributed by atoms with Gasteiger partial charge in [-0.15, -0.1) is 0 Å². The number of ether oxygens (including phenoxy) is 1. The standard InChI is InChI=1S/C28H26F2N3O3P/c1-15-12-17(37(3,4)35)9-10-18(15)16-8-11-20-21(13-16)33-22-14-23(26(33)31-20)32(2)27(34)19-6-5-7-24(25(19)22)36-28(29)30/h5-13,22-23,28H,14H2,1-4H3/t22-,23-/m1/s1. The van der Waals surface area contributed by atoms with Crippen molar-refractivity contribution < 1.29 is 22.9 Å². The summed E-state index contributed by atoms with van der Waals surface area (Å²) in [5.41, 5.74) is 5.47. The van der Waals surface area contributed by atoms with E-state index in [-0.39, 0.29) is 23.7 Å². The molecule has 0 saturated carbocycles. The van der Waals surface area contributed by atoms with Gasteiger partial charge in [-0.1, -0.05) is 24.3 Å². The summed E-state index contributed by atoms with van der Waals surface area (Å²) < 4.78 is 46.2. The Hall–Kier alpha value is -3.51. The molecule has 2 bridgehead atoms. The number of benzene rings is 3. The van der Waals surface area contributed by atoms with Gasteiger partial charge in [-0.3, -0.25) is 4.79 Å². The lowest BCUT2D eigenvalue weighted by Crippen LogP contribution is -2.30. The molecule has 0 unspecified atom stereocenters. The Labute approximate surface area is 213 Å². The number of fused-ring (bicyclic) bond motifs is 9. The minimum atomic E-state index is -3.00. The smallest absolute Gasteiger partial charge is 0.387 e. The Morgan fingerprint density at radius 2 is 1.84 bits per heavy atom. The zero-order chi connectivity index (χ0) is 26.2. The van der Waals surface area contributed by atoms with Crippen molar-refractivity contribution in [3.63, 3.8) is 0 Å². The molecule has 190 valence electrons. The van der Waals surface area contributed by atoms with Crippen LogP contribution >= 0.6 is 7.14 Å². The average molecular weight is 522 g/mol. The third kappa shape index (κ3) is 3.69. The number of carbonyl (C=O) groups is 1. The molecule has 37 heavy (non-hydrogen) atoms. The number of amides is 1. The van der Waals surface area contributed by atoms with Crippen molar-refractivity contribution in [2.45, 2.75) is 32.0 Å². The maximum absolute atomic E-state index is 13.3. The van der Waals surface area contributed by atoms with Gasteiger partial charge in [0, 0.05) is 29.9 Å². The molecular weight excluding hydrogens is 495 g/mol. The van der Waals surface area contributed by atoms with E-state index in [1.807, 2.05) is 37.3 Å². The van der Waals surface area contributed by atoms with Crippen molar-refractivity contribution in [2.24, 2.45) is 0 Å². The molecule has 0 fully saturated rings. The van der Waals surface area contributed by atoms with Crippen LogP contribution < -0.4 is 10.0 Å². The van der Waals surface area contributed by atoms with Crippen LogP contribution in [0.4, 0.5) is 8.78 Å². The number of aromatic nitrogens is 2. The van der Waals surface area contributed by atoms with Crippen LogP contribution in [0.15, 0.2) is 54.6 Å². The van der Waals surface area contributed by atoms with Gasteiger partial charge in [-0.25, -0.2) is 4.98 Å². The quantitative estimate of drug-likeness (QED) is 0.310. The summed E-state index contributed by atoms with van der Waals surface area (Å²) in [6.07, 6.45) is 0.525. The van der Waals surface area contributed by atoms with E-state index in [2.05, 4.69) is 10.6 Å². The topological polar surface area (TPSA) is 64.4 Å². The largest absolute Gasteiger partial charge is 0.434 e.